The largest absolute Gasteiger partial charge is 0.486 e. The van der Waals surface area contributed by atoms with Crippen LogP contribution in [-0.2, 0) is 11.3 Å². The van der Waals surface area contributed by atoms with Crippen LogP contribution in [0, 0.1) is 0 Å². The Morgan fingerprint density at radius 2 is 1.85 bits per heavy atom. The van der Waals surface area contributed by atoms with Crippen LogP contribution in [0.3, 0.4) is 0 Å². The predicted molar refractivity (Wildman–Crippen MR) is 103 cm³/mol. The number of likely N-dealkylation sites (tertiary alicyclic amines) is 1. The molecule has 1 saturated heterocycles. The van der Waals surface area contributed by atoms with E-state index in [9.17, 15) is 4.79 Å². The van der Waals surface area contributed by atoms with E-state index >= 15 is 0 Å². The maximum atomic E-state index is 12.9. The maximum absolute atomic E-state index is 12.9. The number of halogens is 1. The third-order valence-corrected chi connectivity index (χ3v) is 5.18. The Kier molecular flexibility index (Phi) is 5.50. The molecule has 1 amide bonds. The fourth-order valence-corrected chi connectivity index (χ4v) is 3.70. The Balaban J connectivity index is 1.34. The van der Waals surface area contributed by atoms with Gasteiger partial charge in [-0.1, -0.05) is 41.9 Å². The number of amides is 1. The number of hydrogen-bond acceptors (Lipinski definition) is 4. The van der Waals surface area contributed by atoms with Gasteiger partial charge in [0.05, 0.1) is 17.7 Å². The van der Waals surface area contributed by atoms with E-state index in [-0.39, 0.29) is 12.0 Å². The molecular weight excluding hydrogens is 366 g/mol. The fraction of sp³-hybridized carbons (Fsp3) is 0.381. The first-order valence-corrected chi connectivity index (χ1v) is 9.62. The third-order valence-electron chi connectivity index (χ3n) is 4.90. The van der Waals surface area contributed by atoms with Crippen molar-refractivity contribution >= 4 is 17.5 Å². The van der Waals surface area contributed by atoms with E-state index in [0.29, 0.717) is 55.0 Å². The minimum absolute atomic E-state index is 0.0321. The molecule has 2 aliphatic rings. The number of piperidine rings is 1. The molecule has 142 valence electrons. The lowest BCUT2D eigenvalue weighted by Crippen LogP contribution is -2.40. The van der Waals surface area contributed by atoms with Crippen LogP contribution in [0.25, 0.3) is 0 Å². The first-order valence-electron chi connectivity index (χ1n) is 9.24. The topological polar surface area (TPSA) is 48.0 Å². The van der Waals surface area contributed by atoms with E-state index < -0.39 is 0 Å². The summed E-state index contributed by atoms with van der Waals surface area (Å²) < 4.78 is 17.1. The molecular formula is C21H22ClNO4. The quantitative estimate of drug-likeness (QED) is 0.797. The van der Waals surface area contributed by atoms with Crippen LogP contribution in [0.5, 0.6) is 11.5 Å². The maximum Gasteiger partial charge on any atom is 0.254 e. The second-order valence-electron chi connectivity index (χ2n) is 6.77. The summed E-state index contributed by atoms with van der Waals surface area (Å²) in [7, 11) is 0. The van der Waals surface area contributed by atoms with E-state index in [4.69, 9.17) is 25.8 Å². The smallest absolute Gasteiger partial charge is 0.254 e. The summed E-state index contributed by atoms with van der Waals surface area (Å²) in [5.74, 6) is 1.03. The Labute approximate surface area is 163 Å². The zero-order chi connectivity index (χ0) is 18.6. The van der Waals surface area contributed by atoms with Gasteiger partial charge in [0.1, 0.15) is 13.2 Å². The Morgan fingerprint density at radius 3 is 2.63 bits per heavy atom. The molecule has 6 heteroatoms. The van der Waals surface area contributed by atoms with Crippen molar-refractivity contribution in [2.45, 2.75) is 25.6 Å². The highest BCUT2D eigenvalue weighted by Crippen LogP contribution is 2.38. The second-order valence-corrected chi connectivity index (χ2v) is 7.18. The molecule has 1 fully saturated rings. The van der Waals surface area contributed by atoms with Crippen molar-refractivity contribution in [3.8, 4) is 11.5 Å². The first kappa shape index (κ1) is 18.1. The number of ether oxygens (including phenoxy) is 3. The Hall–Kier alpha value is -2.24. The molecule has 2 aliphatic heterocycles. The summed E-state index contributed by atoms with van der Waals surface area (Å²) in [4.78, 5) is 14.7. The standard InChI is InChI=1S/C21H22ClNO4/c22-18-12-16(13-19-20(18)26-11-10-25-19)21(24)23-8-6-17(7-9-23)27-14-15-4-2-1-3-5-15/h1-5,12-13,17H,6-11,14H2. The molecule has 0 bridgehead atoms. The van der Waals surface area contributed by atoms with Crippen molar-refractivity contribution in [3.63, 3.8) is 0 Å². The highest BCUT2D eigenvalue weighted by molar-refractivity contribution is 6.32. The van der Waals surface area contributed by atoms with Crippen molar-refractivity contribution < 1.29 is 19.0 Å². The number of carbonyl (C=O) groups excluding carboxylic acids is 1. The summed E-state index contributed by atoms with van der Waals surface area (Å²) in [6.07, 6.45) is 1.84. The van der Waals surface area contributed by atoms with Gasteiger partial charge in [-0.15, -0.1) is 0 Å². The molecule has 0 saturated carbocycles. The van der Waals surface area contributed by atoms with Crippen molar-refractivity contribution in [2.75, 3.05) is 26.3 Å². The highest BCUT2D eigenvalue weighted by atomic mass is 35.5. The van der Waals surface area contributed by atoms with Gasteiger partial charge in [0.25, 0.3) is 5.91 Å². The molecule has 4 rings (SSSR count). The summed E-state index contributed by atoms with van der Waals surface area (Å²) in [5, 5.41) is 0.414. The average molecular weight is 388 g/mol. The summed E-state index contributed by atoms with van der Waals surface area (Å²) in [5.41, 5.74) is 1.70. The van der Waals surface area contributed by atoms with Crippen LogP contribution < -0.4 is 9.47 Å². The Bertz CT molecular complexity index is 803. The number of rotatable bonds is 4. The molecule has 2 aromatic carbocycles. The van der Waals surface area contributed by atoms with Crippen LogP contribution in [0.4, 0.5) is 0 Å². The molecule has 0 aromatic heterocycles. The van der Waals surface area contributed by atoms with Gasteiger partial charge in [-0.3, -0.25) is 4.79 Å². The van der Waals surface area contributed by atoms with E-state index in [2.05, 4.69) is 12.1 Å². The SMILES string of the molecule is O=C(c1cc(Cl)c2c(c1)OCCO2)N1CCC(OCc2ccccc2)CC1. The van der Waals surface area contributed by atoms with Crippen LogP contribution in [0.15, 0.2) is 42.5 Å². The highest BCUT2D eigenvalue weighted by Gasteiger charge is 2.26. The molecule has 0 aliphatic carbocycles. The number of hydrogen-bond donors (Lipinski definition) is 0. The molecule has 0 unspecified atom stereocenters. The average Bonchev–Trinajstić information content (AvgIpc) is 2.73. The number of nitrogens with zero attached hydrogens (tertiary/aromatic N) is 1. The summed E-state index contributed by atoms with van der Waals surface area (Å²) in [6.45, 7) is 2.88. The van der Waals surface area contributed by atoms with Crippen molar-refractivity contribution in [1.29, 1.82) is 0 Å². The van der Waals surface area contributed by atoms with E-state index in [1.54, 1.807) is 12.1 Å². The van der Waals surface area contributed by atoms with Gasteiger partial charge in [-0.2, -0.15) is 0 Å². The summed E-state index contributed by atoms with van der Waals surface area (Å²) >= 11 is 6.26. The van der Waals surface area contributed by atoms with Crippen LogP contribution >= 0.6 is 11.6 Å². The molecule has 0 atom stereocenters. The number of carbonyl (C=O) groups is 1. The molecule has 27 heavy (non-hydrogen) atoms. The first-order chi connectivity index (χ1) is 13.2. The van der Waals surface area contributed by atoms with E-state index in [0.717, 1.165) is 12.8 Å². The molecule has 0 radical (unpaired) electrons. The van der Waals surface area contributed by atoms with E-state index in [1.165, 1.54) is 5.56 Å². The van der Waals surface area contributed by atoms with Crippen molar-refractivity contribution in [2.24, 2.45) is 0 Å². The summed E-state index contributed by atoms with van der Waals surface area (Å²) in [6, 6.07) is 13.5. The van der Waals surface area contributed by atoms with Crippen molar-refractivity contribution in [3.05, 3.63) is 58.6 Å². The van der Waals surface area contributed by atoms with Crippen LogP contribution in [0.2, 0.25) is 5.02 Å². The van der Waals surface area contributed by atoms with Crippen LogP contribution in [-0.4, -0.2) is 43.2 Å². The number of fused-ring (bicyclic) bond motifs is 1. The van der Waals surface area contributed by atoms with Gasteiger partial charge < -0.3 is 19.1 Å². The minimum atomic E-state index is -0.0321. The van der Waals surface area contributed by atoms with Gasteiger partial charge >= 0.3 is 0 Å². The number of benzene rings is 2. The fourth-order valence-electron chi connectivity index (χ4n) is 3.43. The van der Waals surface area contributed by atoms with Gasteiger partial charge in [-0.05, 0) is 30.5 Å². The van der Waals surface area contributed by atoms with Gasteiger partial charge in [-0.25, -0.2) is 0 Å². The van der Waals surface area contributed by atoms with Crippen molar-refractivity contribution in [1.82, 2.24) is 4.90 Å². The lowest BCUT2D eigenvalue weighted by atomic mass is 10.1. The molecule has 2 aromatic rings. The van der Waals surface area contributed by atoms with E-state index in [1.807, 2.05) is 23.1 Å². The second kappa shape index (κ2) is 8.19. The normalized spacial score (nSPS) is 17.0. The lowest BCUT2D eigenvalue weighted by Gasteiger charge is -2.32. The van der Waals surface area contributed by atoms with Gasteiger partial charge in [0.2, 0.25) is 0 Å². The molecule has 0 spiro atoms. The molecule has 5 nitrogen and oxygen atoms in total. The lowest BCUT2D eigenvalue weighted by molar-refractivity contribution is -0.000393. The monoisotopic (exact) mass is 387 g/mol. The van der Waals surface area contributed by atoms with Gasteiger partial charge in [0.15, 0.2) is 11.5 Å². The molecule has 2 heterocycles. The zero-order valence-corrected chi connectivity index (χ0v) is 15.8. The molecule has 0 N–H and O–H groups in total. The predicted octanol–water partition coefficient (Wildman–Crippen LogP) is 3.93. The third kappa shape index (κ3) is 4.20. The van der Waals surface area contributed by atoms with Gasteiger partial charge in [0, 0.05) is 18.7 Å². The minimum Gasteiger partial charge on any atom is -0.486 e. The zero-order valence-electron chi connectivity index (χ0n) is 15.0. The Morgan fingerprint density at radius 1 is 1.11 bits per heavy atom. The van der Waals surface area contributed by atoms with Crippen LogP contribution in [0.1, 0.15) is 28.8 Å².